The molecule has 6 nitrogen and oxygen atoms in total. The van der Waals surface area contributed by atoms with Gasteiger partial charge in [-0.05, 0) is 19.1 Å². The first-order valence-electron chi connectivity index (χ1n) is 6.16. The summed E-state index contributed by atoms with van der Waals surface area (Å²) in [6, 6.07) is 5.88. The van der Waals surface area contributed by atoms with Gasteiger partial charge in [-0.3, -0.25) is 20.5 Å². The van der Waals surface area contributed by atoms with Crippen LogP contribution in [0.5, 0.6) is 0 Å². The fraction of sp³-hybridized carbons (Fsp3) is 0.500. The zero-order chi connectivity index (χ0) is 12.8. The lowest BCUT2D eigenvalue weighted by molar-refractivity contribution is -0.122. The summed E-state index contributed by atoms with van der Waals surface area (Å²) in [6.07, 6.45) is 1.67. The van der Waals surface area contributed by atoms with Gasteiger partial charge < -0.3 is 5.32 Å². The molecule has 0 aliphatic carbocycles. The Bertz CT molecular complexity index is 383. The highest BCUT2D eigenvalue weighted by molar-refractivity contribution is 5.79. The van der Waals surface area contributed by atoms with Gasteiger partial charge in [-0.1, -0.05) is 6.07 Å². The molecule has 0 spiro atoms. The van der Waals surface area contributed by atoms with Crippen LogP contribution in [-0.4, -0.2) is 48.0 Å². The minimum Gasteiger partial charge on any atom is -0.314 e. The summed E-state index contributed by atoms with van der Waals surface area (Å²) in [5.74, 6) is 0.591. The van der Waals surface area contributed by atoms with Crippen LogP contribution in [0.2, 0.25) is 0 Å². The summed E-state index contributed by atoms with van der Waals surface area (Å²) >= 11 is 0. The average Bonchev–Trinajstić information content (AvgIpc) is 2.40. The number of piperazine rings is 1. The molecule has 2 rings (SSSR count). The van der Waals surface area contributed by atoms with Crippen molar-refractivity contribution in [2.75, 3.05) is 31.6 Å². The quantitative estimate of drug-likeness (QED) is 0.646. The van der Waals surface area contributed by atoms with Crippen molar-refractivity contribution in [1.82, 2.24) is 20.6 Å². The van der Waals surface area contributed by atoms with Gasteiger partial charge in [0.1, 0.15) is 5.82 Å². The van der Waals surface area contributed by atoms with Gasteiger partial charge >= 0.3 is 0 Å². The van der Waals surface area contributed by atoms with Crippen molar-refractivity contribution < 1.29 is 4.79 Å². The molecule has 18 heavy (non-hydrogen) atoms. The highest BCUT2D eigenvalue weighted by Crippen LogP contribution is 2.01. The van der Waals surface area contributed by atoms with E-state index in [2.05, 4.69) is 33.0 Å². The van der Waals surface area contributed by atoms with Crippen molar-refractivity contribution in [3.63, 3.8) is 0 Å². The number of nitrogens with one attached hydrogen (secondary N) is 3. The molecule has 1 aliphatic rings. The molecule has 0 bridgehead atoms. The summed E-state index contributed by atoms with van der Waals surface area (Å²) in [5.41, 5.74) is 5.45. The Hall–Kier alpha value is -1.66. The lowest BCUT2D eigenvalue weighted by Gasteiger charge is -2.33. The number of hydrogen-bond acceptors (Lipinski definition) is 5. The third-order valence-electron chi connectivity index (χ3n) is 2.98. The molecule has 1 atom stereocenters. The molecule has 0 radical (unpaired) electrons. The molecule has 1 amide bonds. The van der Waals surface area contributed by atoms with Crippen LogP contribution in [-0.2, 0) is 4.79 Å². The molecule has 2 heterocycles. The van der Waals surface area contributed by atoms with Crippen LogP contribution in [0, 0.1) is 0 Å². The number of aromatic nitrogens is 1. The van der Waals surface area contributed by atoms with Crippen LogP contribution in [0.1, 0.15) is 6.92 Å². The summed E-state index contributed by atoms with van der Waals surface area (Å²) in [4.78, 5) is 18.0. The minimum absolute atomic E-state index is 0.0468. The maximum Gasteiger partial charge on any atom is 0.252 e. The van der Waals surface area contributed by atoms with Crippen LogP contribution in [0.4, 0.5) is 5.82 Å². The zero-order valence-corrected chi connectivity index (χ0v) is 10.5. The van der Waals surface area contributed by atoms with E-state index in [0.717, 1.165) is 19.6 Å². The second-order valence-electron chi connectivity index (χ2n) is 4.41. The van der Waals surface area contributed by atoms with E-state index in [1.165, 1.54) is 0 Å². The number of rotatable bonds is 4. The Balaban J connectivity index is 1.75. The van der Waals surface area contributed by atoms with Crippen LogP contribution < -0.4 is 16.2 Å². The Morgan fingerprint density at radius 3 is 3.22 bits per heavy atom. The number of pyridine rings is 1. The number of nitrogens with zero attached hydrogens (tertiary/aromatic N) is 2. The van der Waals surface area contributed by atoms with Gasteiger partial charge in [0.2, 0.25) is 0 Å². The Labute approximate surface area is 107 Å². The summed E-state index contributed by atoms with van der Waals surface area (Å²) in [6.45, 7) is 5.29. The second kappa shape index (κ2) is 6.32. The van der Waals surface area contributed by atoms with E-state index in [1.807, 2.05) is 12.1 Å². The zero-order valence-electron chi connectivity index (χ0n) is 10.5. The van der Waals surface area contributed by atoms with Crippen molar-refractivity contribution in [3.8, 4) is 0 Å². The van der Waals surface area contributed by atoms with Crippen molar-refractivity contribution in [1.29, 1.82) is 0 Å². The van der Waals surface area contributed by atoms with E-state index in [-0.39, 0.29) is 5.91 Å². The van der Waals surface area contributed by atoms with E-state index in [0.29, 0.717) is 18.4 Å². The largest absolute Gasteiger partial charge is 0.314 e. The van der Waals surface area contributed by atoms with E-state index in [9.17, 15) is 4.79 Å². The van der Waals surface area contributed by atoms with Crippen molar-refractivity contribution in [2.45, 2.75) is 13.0 Å². The van der Waals surface area contributed by atoms with Gasteiger partial charge in [-0.25, -0.2) is 4.98 Å². The summed E-state index contributed by atoms with van der Waals surface area (Å²) < 4.78 is 0. The molecule has 0 aromatic carbocycles. The molecule has 1 aromatic heterocycles. The number of anilines is 1. The van der Waals surface area contributed by atoms with E-state index in [1.54, 1.807) is 12.3 Å². The predicted octanol–water partition coefficient (Wildman–Crippen LogP) is -0.182. The van der Waals surface area contributed by atoms with Crippen molar-refractivity contribution in [2.24, 2.45) is 0 Å². The van der Waals surface area contributed by atoms with Gasteiger partial charge in [0, 0.05) is 31.9 Å². The molecule has 0 saturated carbocycles. The van der Waals surface area contributed by atoms with Crippen LogP contribution in [0.15, 0.2) is 24.4 Å². The maximum atomic E-state index is 11.8. The maximum absolute atomic E-state index is 11.8. The van der Waals surface area contributed by atoms with Gasteiger partial charge in [0.05, 0.1) is 6.54 Å². The summed E-state index contributed by atoms with van der Waals surface area (Å²) in [7, 11) is 0. The predicted molar refractivity (Wildman–Crippen MR) is 69.9 cm³/mol. The molecule has 1 aromatic rings. The monoisotopic (exact) mass is 249 g/mol. The van der Waals surface area contributed by atoms with Crippen molar-refractivity contribution in [3.05, 3.63) is 24.4 Å². The van der Waals surface area contributed by atoms with Crippen LogP contribution in [0.25, 0.3) is 0 Å². The second-order valence-corrected chi connectivity index (χ2v) is 4.41. The molecule has 1 aliphatic heterocycles. The number of carbonyl (C=O) groups excluding carboxylic acids is 1. The Morgan fingerprint density at radius 2 is 2.50 bits per heavy atom. The molecule has 0 unspecified atom stereocenters. The van der Waals surface area contributed by atoms with Gasteiger partial charge in [-0.2, -0.15) is 0 Å². The molecule has 3 N–H and O–H groups in total. The smallest absolute Gasteiger partial charge is 0.252 e. The molecular weight excluding hydrogens is 230 g/mol. The lowest BCUT2D eigenvalue weighted by atomic mass is 10.2. The summed E-state index contributed by atoms with van der Waals surface area (Å²) in [5, 5.41) is 3.30. The lowest BCUT2D eigenvalue weighted by Crippen LogP contribution is -2.53. The molecule has 6 heteroatoms. The Kier molecular flexibility index (Phi) is 4.49. The topological polar surface area (TPSA) is 69.3 Å². The highest BCUT2D eigenvalue weighted by atomic mass is 16.2. The minimum atomic E-state index is -0.0468. The molecule has 98 valence electrons. The Morgan fingerprint density at radius 1 is 1.61 bits per heavy atom. The average molecular weight is 249 g/mol. The van der Waals surface area contributed by atoms with Gasteiger partial charge in [0.25, 0.3) is 5.91 Å². The third kappa shape index (κ3) is 3.68. The first-order chi connectivity index (χ1) is 8.75. The SMILES string of the molecule is C[C@@H]1CNCCN1CC(=O)NNc1ccccn1. The molecule has 1 saturated heterocycles. The van der Waals surface area contributed by atoms with Crippen LogP contribution >= 0.6 is 0 Å². The first-order valence-corrected chi connectivity index (χ1v) is 6.16. The first kappa shape index (κ1) is 12.8. The molecular formula is C12H19N5O. The standard InChI is InChI=1S/C12H19N5O/c1-10-8-13-6-7-17(10)9-12(18)16-15-11-4-2-3-5-14-11/h2-5,10,13H,6-9H2,1H3,(H,14,15)(H,16,18)/t10-/m1/s1. The third-order valence-corrected chi connectivity index (χ3v) is 2.98. The van der Waals surface area contributed by atoms with E-state index < -0.39 is 0 Å². The number of amides is 1. The van der Waals surface area contributed by atoms with Gasteiger partial charge in [-0.15, -0.1) is 0 Å². The van der Waals surface area contributed by atoms with E-state index in [4.69, 9.17) is 0 Å². The molecule has 1 fully saturated rings. The highest BCUT2D eigenvalue weighted by Gasteiger charge is 2.19. The fourth-order valence-corrected chi connectivity index (χ4v) is 1.91. The number of carbonyl (C=O) groups is 1. The van der Waals surface area contributed by atoms with Gasteiger partial charge in [0.15, 0.2) is 0 Å². The fourth-order valence-electron chi connectivity index (χ4n) is 1.91. The van der Waals surface area contributed by atoms with E-state index >= 15 is 0 Å². The van der Waals surface area contributed by atoms with Crippen molar-refractivity contribution >= 4 is 11.7 Å². The van der Waals surface area contributed by atoms with Crippen LogP contribution in [0.3, 0.4) is 0 Å². The number of hydrogen-bond donors (Lipinski definition) is 3. The normalized spacial score (nSPS) is 20.4. The number of hydrazine groups is 1.